The summed E-state index contributed by atoms with van der Waals surface area (Å²) in [5, 5.41) is 2.32. The van der Waals surface area contributed by atoms with E-state index in [1.54, 1.807) is 13.1 Å². The number of nitrogens with zero attached hydrogens (tertiary/aromatic N) is 2. The van der Waals surface area contributed by atoms with Gasteiger partial charge in [0.1, 0.15) is 0 Å². The molecular weight excluding hydrogens is 232 g/mol. The number of piperazine rings is 1. The second-order valence-electron chi connectivity index (χ2n) is 4.35. The standard InChI is InChI=1S/C12H16N4O2/c1-8-12(18)15-11(17)7-16(8)6-9-2-3-14-10(4-9)5-13/h2-4,8H,5-7,13H2,1H3,(H,15,17,18). The lowest BCUT2D eigenvalue weighted by molar-refractivity contribution is -0.139. The van der Waals surface area contributed by atoms with Crippen molar-refractivity contribution in [2.24, 2.45) is 5.73 Å². The molecule has 1 aromatic rings. The first-order chi connectivity index (χ1) is 8.60. The molecular formula is C12H16N4O2. The lowest BCUT2D eigenvalue weighted by Crippen LogP contribution is -2.56. The third kappa shape index (κ3) is 2.72. The fraction of sp³-hybridized carbons (Fsp3) is 0.417. The summed E-state index contributed by atoms with van der Waals surface area (Å²) in [5.74, 6) is -0.509. The van der Waals surface area contributed by atoms with Crippen LogP contribution in [-0.4, -0.2) is 34.3 Å². The van der Waals surface area contributed by atoms with Crippen LogP contribution in [0.4, 0.5) is 0 Å². The molecule has 1 fully saturated rings. The number of nitrogens with one attached hydrogen (secondary N) is 1. The molecule has 6 heteroatoms. The first kappa shape index (κ1) is 12.7. The van der Waals surface area contributed by atoms with Crippen LogP contribution in [0, 0.1) is 0 Å². The number of rotatable bonds is 3. The minimum absolute atomic E-state index is 0.229. The highest BCUT2D eigenvalue weighted by Gasteiger charge is 2.29. The van der Waals surface area contributed by atoms with Crippen molar-refractivity contribution >= 4 is 11.8 Å². The Morgan fingerprint density at radius 1 is 1.56 bits per heavy atom. The van der Waals surface area contributed by atoms with Crippen LogP contribution < -0.4 is 11.1 Å². The van der Waals surface area contributed by atoms with E-state index in [0.717, 1.165) is 11.3 Å². The molecule has 96 valence electrons. The lowest BCUT2D eigenvalue weighted by Gasteiger charge is -2.31. The molecule has 18 heavy (non-hydrogen) atoms. The van der Waals surface area contributed by atoms with Crippen LogP contribution in [0.2, 0.25) is 0 Å². The van der Waals surface area contributed by atoms with Crippen LogP contribution in [0.15, 0.2) is 18.3 Å². The van der Waals surface area contributed by atoms with Crippen molar-refractivity contribution in [3.63, 3.8) is 0 Å². The van der Waals surface area contributed by atoms with Gasteiger partial charge in [-0.3, -0.25) is 24.8 Å². The van der Waals surface area contributed by atoms with Crippen molar-refractivity contribution in [2.45, 2.75) is 26.1 Å². The number of hydrogen-bond donors (Lipinski definition) is 2. The first-order valence-electron chi connectivity index (χ1n) is 5.82. The van der Waals surface area contributed by atoms with Crippen molar-refractivity contribution in [3.8, 4) is 0 Å². The highest BCUT2D eigenvalue weighted by Crippen LogP contribution is 2.11. The number of imide groups is 1. The summed E-state index contributed by atoms with van der Waals surface area (Å²) in [6, 6.07) is 3.45. The van der Waals surface area contributed by atoms with Gasteiger partial charge in [0, 0.05) is 19.3 Å². The van der Waals surface area contributed by atoms with E-state index in [1.807, 2.05) is 17.0 Å². The van der Waals surface area contributed by atoms with Gasteiger partial charge in [-0.15, -0.1) is 0 Å². The van der Waals surface area contributed by atoms with Crippen molar-refractivity contribution in [2.75, 3.05) is 6.54 Å². The third-order valence-corrected chi connectivity index (χ3v) is 3.01. The van der Waals surface area contributed by atoms with E-state index in [-0.39, 0.29) is 24.4 Å². The molecule has 1 saturated heterocycles. The summed E-state index contributed by atoms with van der Waals surface area (Å²) < 4.78 is 0. The molecule has 2 amide bonds. The Bertz CT molecular complexity index is 475. The normalized spacial score (nSPS) is 20.9. The second-order valence-corrected chi connectivity index (χ2v) is 4.35. The largest absolute Gasteiger partial charge is 0.325 e. The molecule has 1 aromatic heterocycles. The number of carbonyl (C=O) groups excluding carboxylic acids is 2. The van der Waals surface area contributed by atoms with Crippen LogP contribution in [0.1, 0.15) is 18.2 Å². The predicted molar refractivity (Wildman–Crippen MR) is 65.2 cm³/mol. The predicted octanol–water partition coefficient (Wildman–Crippen LogP) is -0.613. The fourth-order valence-electron chi connectivity index (χ4n) is 1.93. The maximum absolute atomic E-state index is 11.5. The van der Waals surface area contributed by atoms with Crippen LogP contribution in [-0.2, 0) is 22.7 Å². The highest BCUT2D eigenvalue weighted by atomic mass is 16.2. The minimum atomic E-state index is -0.308. The molecule has 0 aromatic carbocycles. The molecule has 1 aliphatic rings. The summed E-state index contributed by atoms with van der Waals surface area (Å²) in [7, 11) is 0. The van der Waals surface area contributed by atoms with E-state index in [1.165, 1.54) is 0 Å². The van der Waals surface area contributed by atoms with E-state index in [2.05, 4.69) is 10.3 Å². The number of nitrogens with two attached hydrogens (primary N) is 1. The van der Waals surface area contributed by atoms with Crippen molar-refractivity contribution in [1.29, 1.82) is 0 Å². The van der Waals surface area contributed by atoms with Gasteiger partial charge >= 0.3 is 0 Å². The number of pyridine rings is 1. The molecule has 6 nitrogen and oxygen atoms in total. The van der Waals surface area contributed by atoms with Gasteiger partial charge in [-0.1, -0.05) is 0 Å². The molecule has 1 atom stereocenters. The summed E-state index contributed by atoms with van der Waals surface area (Å²) >= 11 is 0. The summed E-state index contributed by atoms with van der Waals surface area (Å²) in [6.45, 7) is 2.93. The molecule has 0 saturated carbocycles. The van der Waals surface area contributed by atoms with Crippen LogP contribution in [0.3, 0.4) is 0 Å². The zero-order valence-electron chi connectivity index (χ0n) is 10.2. The zero-order chi connectivity index (χ0) is 13.1. The van der Waals surface area contributed by atoms with Gasteiger partial charge in [-0.25, -0.2) is 0 Å². The van der Waals surface area contributed by atoms with Crippen molar-refractivity contribution < 1.29 is 9.59 Å². The first-order valence-corrected chi connectivity index (χ1v) is 5.82. The van der Waals surface area contributed by atoms with Gasteiger partial charge in [0.2, 0.25) is 11.8 Å². The molecule has 0 radical (unpaired) electrons. The second kappa shape index (κ2) is 5.24. The Morgan fingerprint density at radius 3 is 3.06 bits per heavy atom. The summed E-state index contributed by atoms with van der Waals surface area (Å²) in [6.07, 6.45) is 1.69. The summed E-state index contributed by atoms with van der Waals surface area (Å²) in [5.41, 5.74) is 7.33. The number of aromatic nitrogens is 1. The maximum Gasteiger partial charge on any atom is 0.243 e. The Hall–Kier alpha value is -1.79. The Balaban J connectivity index is 2.11. The minimum Gasteiger partial charge on any atom is -0.325 e. The molecule has 0 spiro atoms. The lowest BCUT2D eigenvalue weighted by atomic mass is 10.1. The fourth-order valence-corrected chi connectivity index (χ4v) is 1.93. The van der Waals surface area contributed by atoms with Gasteiger partial charge < -0.3 is 5.73 Å². The van der Waals surface area contributed by atoms with Gasteiger partial charge in [0.15, 0.2) is 0 Å². The molecule has 0 aliphatic carbocycles. The van der Waals surface area contributed by atoms with E-state index in [0.29, 0.717) is 13.1 Å². The van der Waals surface area contributed by atoms with Gasteiger partial charge in [-0.05, 0) is 24.6 Å². The maximum atomic E-state index is 11.5. The molecule has 1 unspecified atom stereocenters. The number of amides is 2. The Kier molecular flexibility index (Phi) is 3.69. The van der Waals surface area contributed by atoms with Crippen molar-refractivity contribution in [1.82, 2.24) is 15.2 Å². The average Bonchev–Trinajstić information content (AvgIpc) is 2.35. The van der Waals surface area contributed by atoms with E-state index in [9.17, 15) is 9.59 Å². The number of hydrogen-bond acceptors (Lipinski definition) is 5. The van der Waals surface area contributed by atoms with Crippen molar-refractivity contribution in [3.05, 3.63) is 29.6 Å². The van der Waals surface area contributed by atoms with Crippen LogP contribution >= 0.6 is 0 Å². The van der Waals surface area contributed by atoms with Crippen LogP contribution in [0.5, 0.6) is 0 Å². The Labute approximate surface area is 105 Å². The molecule has 0 bridgehead atoms. The number of carbonyl (C=O) groups is 2. The molecule has 1 aliphatic heterocycles. The average molecular weight is 248 g/mol. The highest BCUT2D eigenvalue weighted by molar-refractivity contribution is 6.00. The topological polar surface area (TPSA) is 88.3 Å². The smallest absolute Gasteiger partial charge is 0.243 e. The Morgan fingerprint density at radius 2 is 2.33 bits per heavy atom. The third-order valence-electron chi connectivity index (χ3n) is 3.01. The zero-order valence-corrected chi connectivity index (χ0v) is 10.2. The van der Waals surface area contributed by atoms with E-state index < -0.39 is 0 Å². The van der Waals surface area contributed by atoms with Gasteiger partial charge in [-0.2, -0.15) is 0 Å². The molecule has 3 N–H and O–H groups in total. The monoisotopic (exact) mass is 248 g/mol. The van der Waals surface area contributed by atoms with Crippen LogP contribution in [0.25, 0.3) is 0 Å². The quantitative estimate of drug-likeness (QED) is 0.696. The SMILES string of the molecule is CC1C(=O)NC(=O)CN1Cc1ccnc(CN)c1. The summed E-state index contributed by atoms with van der Waals surface area (Å²) in [4.78, 5) is 28.8. The van der Waals surface area contributed by atoms with E-state index in [4.69, 9.17) is 5.73 Å². The molecule has 2 heterocycles. The van der Waals surface area contributed by atoms with E-state index >= 15 is 0 Å². The molecule has 2 rings (SSSR count). The van der Waals surface area contributed by atoms with Gasteiger partial charge in [0.25, 0.3) is 0 Å². The van der Waals surface area contributed by atoms with Gasteiger partial charge in [0.05, 0.1) is 18.3 Å².